The molecule has 1 N–H and O–H groups in total. The van der Waals surface area contributed by atoms with Crippen LogP contribution in [-0.2, 0) is 0 Å². The Morgan fingerprint density at radius 2 is 1.93 bits per heavy atom. The lowest BCUT2D eigenvalue weighted by Gasteiger charge is -2.29. The van der Waals surface area contributed by atoms with Crippen LogP contribution in [0.15, 0.2) is 54.7 Å². The summed E-state index contributed by atoms with van der Waals surface area (Å²) in [6.07, 6.45) is 6.40. The first-order valence-electron chi connectivity index (χ1n) is 10.8. The van der Waals surface area contributed by atoms with Crippen molar-refractivity contribution >= 4 is 29.1 Å². The minimum absolute atomic E-state index is 0. The summed E-state index contributed by atoms with van der Waals surface area (Å²) in [5.74, 6) is 0.0516. The van der Waals surface area contributed by atoms with Gasteiger partial charge in [-0.1, -0.05) is 36.4 Å². The van der Waals surface area contributed by atoms with Gasteiger partial charge < -0.3 is 10.2 Å². The highest BCUT2D eigenvalue weighted by Gasteiger charge is 2.37. The van der Waals surface area contributed by atoms with Crippen LogP contribution in [0.2, 0.25) is 0 Å². The lowest BCUT2D eigenvalue weighted by Crippen LogP contribution is -2.36. The first kappa shape index (κ1) is 20.9. The molecule has 0 radical (unpaired) electrons. The summed E-state index contributed by atoms with van der Waals surface area (Å²) in [5.41, 5.74) is 1.75. The second-order valence-corrected chi connectivity index (χ2v) is 8.41. The number of amides is 1. The number of carbonyl (C=O) groups excluding carboxylic acids is 1. The van der Waals surface area contributed by atoms with Gasteiger partial charge in [0.1, 0.15) is 5.69 Å². The normalized spacial score (nSPS) is 19.8. The third-order valence-electron chi connectivity index (χ3n) is 6.32. The molecule has 5 rings (SSSR count). The first-order valence-corrected chi connectivity index (χ1v) is 10.8. The quantitative estimate of drug-likeness (QED) is 0.643. The van der Waals surface area contributed by atoms with E-state index in [0.29, 0.717) is 17.8 Å². The number of benzene rings is 2. The Morgan fingerprint density at radius 3 is 2.67 bits per heavy atom. The van der Waals surface area contributed by atoms with Crippen LogP contribution in [0.4, 0.5) is 0 Å². The van der Waals surface area contributed by atoms with E-state index in [4.69, 9.17) is 0 Å². The summed E-state index contributed by atoms with van der Waals surface area (Å²) >= 11 is 0. The molecule has 1 amide bonds. The van der Waals surface area contributed by atoms with E-state index in [2.05, 4.69) is 64.7 Å². The first-order chi connectivity index (χ1) is 14.2. The highest BCUT2D eigenvalue weighted by molar-refractivity contribution is 5.93. The van der Waals surface area contributed by atoms with Gasteiger partial charge in [0.2, 0.25) is 0 Å². The number of fused-ring (bicyclic) bond motifs is 1. The van der Waals surface area contributed by atoms with Crippen molar-refractivity contribution in [2.45, 2.75) is 50.7 Å². The molecule has 2 unspecified atom stereocenters. The van der Waals surface area contributed by atoms with Crippen molar-refractivity contribution in [1.29, 1.82) is 0 Å². The monoisotopic (exact) mass is 424 g/mol. The van der Waals surface area contributed by atoms with Crippen molar-refractivity contribution in [3.63, 3.8) is 0 Å². The zero-order chi connectivity index (χ0) is 19.8. The summed E-state index contributed by atoms with van der Waals surface area (Å²) in [4.78, 5) is 15.5. The van der Waals surface area contributed by atoms with Gasteiger partial charge in [0.25, 0.3) is 5.91 Å². The van der Waals surface area contributed by atoms with Gasteiger partial charge >= 0.3 is 0 Å². The number of piperidine rings is 1. The summed E-state index contributed by atoms with van der Waals surface area (Å²) in [7, 11) is 0. The molecule has 0 spiro atoms. The Balaban J connectivity index is 0.00000218. The zero-order valence-corrected chi connectivity index (χ0v) is 18.1. The average molecular weight is 425 g/mol. The van der Waals surface area contributed by atoms with Gasteiger partial charge in [-0.2, -0.15) is 5.10 Å². The molecule has 1 aromatic heterocycles. The maximum atomic E-state index is 13.4. The van der Waals surface area contributed by atoms with Gasteiger partial charge in [-0.15, -0.1) is 12.4 Å². The standard InChI is InChI=1S/C24H28N4O.ClH/c1-17(19-9-8-18-5-2-3-6-20(18)15-19)28(21-10-11-21)24(29)23-12-14-27(26-23)22-7-4-13-25-16-22;/h2-3,5-6,8-9,12,14-15,17,21-22,25H,4,7,10-11,13,16H2,1H3;1H. The largest absolute Gasteiger partial charge is 0.328 e. The molecule has 3 aromatic rings. The lowest BCUT2D eigenvalue weighted by atomic mass is 10.0. The Hall–Kier alpha value is -2.37. The second kappa shape index (κ2) is 8.78. The van der Waals surface area contributed by atoms with Gasteiger partial charge in [-0.25, -0.2) is 0 Å². The molecule has 2 fully saturated rings. The van der Waals surface area contributed by atoms with E-state index in [1.807, 2.05) is 16.9 Å². The van der Waals surface area contributed by atoms with E-state index in [0.717, 1.165) is 38.8 Å². The Morgan fingerprint density at radius 1 is 1.13 bits per heavy atom. The van der Waals surface area contributed by atoms with Gasteiger partial charge in [0.05, 0.1) is 12.1 Å². The van der Waals surface area contributed by atoms with E-state index in [1.54, 1.807) is 0 Å². The molecule has 5 nitrogen and oxygen atoms in total. The van der Waals surface area contributed by atoms with E-state index in [9.17, 15) is 4.79 Å². The van der Waals surface area contributed by atoms with E-state index >= 15 is 0 Å². The Bertz CT molecular complexity index is 1020. The van der Waals surface area contributed by atoms with Crippen LogP contribution in [0.1, 0.15) is 60.7 Å². The molecule has 2 heterocycles. The molecule has 2 aromatic carbocycles. The van der Waals surface area contributed by atoms with Crippen LogP contribution in [0.5, 0.6) is 0 Å². The third kappa shape index (κ3) is 4.09. The molecule has 2 atom stereocenters. The molecule has 2 aliphatic rings. The SMILES string of the molecule is CC(c1ccc2ccccc2c1)N(C(=O)c1ccn(C2CCCNC2)n1)C1CC1.Cl. The number of hydrogen-bond donors (Lipinski definition) is 1. The van der Waals surface area contributed by atoms with Crippen LogP contribution >= 0.6 is 12.4 Å². The van der Waals surface area contributed by atoms with Crippen LogP contribution in [0, 0.1) is 0 Å². The van der Waals surface area contributed by atoms with Crippen LogP contribution in [0.3, 0.4) is 0 Å². The summed E-state index contributed by atoms with van der Waals surface area (Å²) < 4.78 is 1.98. The molecule has 1 saturated carbocycles. The summed E-state index contributed by atoms with van der Waals surface area (Å²) in [6.45, 7) is 4.14. The van der Waals surface area contributed by atoms with E-state index < -0.39 is 0 Å². The fourth-order valence-electron chi connectivity index (χ4n) is 4.49. The molecule has 6 heteroatoms. The smallest absolute Gasteiger partial charge is 0.275 e. The minimum Gasteiger partial charge on any atom is -0.328 e. The fourth-order valence-corrected chi connectivity index (χ4v) is 4.49. The molecule has 30 heavy (non-hydrogen) atoms. The molecular weight excluding hydrogens is 396 g/mol. The van der Waals surface area contributed by atoms with Gasteiger partial charge in [-0.3, -0.25) is 9.48 Å². The van der Waals surface area contributed by atoms with Crippen LogP contribution in [-0.4, -0.2) is 39.7 Å². The molecule has 1 aliphatic carbocycles. The van der Waals surface area contributed by atoms with E-state index in [1.165, 1.54) is 16.3 Å². The van der Waals surface area contributed by atoms with Crippen molar-refractivity contribution < 1.29 is 4.79 Å². The summed E-state index contributed by atoms with van der Waals surface area (Å²) in [5, 5.41) is 10.5. The maximum Gasteiger partial charge on any atom is 0.275 e. The van der Waals surface area contributed by atoms with Crippen molar-refractivity contribution in [1.82, 2.24) is 20.0 Å². The average Bonchev–Trinajstić information content (AvgIpc) is 3.47. The molecule has 158 valence electrons. The predicted octanol–water partition coefficient (Wildman–Crippen LogP) is 4.75. The van der Waals surface area contributed by atoms with Crippen LogP contribution < -0.4 is 5.32 Å². The highest BCUT2D eigenvalue weighted by Crippen LogP contribution is 2.36. The number of nitrogens with one attached hydrogen (secondary N) is 1. The topological polar surface area (TPSA) is 50.2 Å². The molecule has 1 saturated heterocycles. The van der Waals surface area contributed by atoms with Crippen molar-refractivity contribution in [2.75, 3.05) is 13.1 Å². The number of rotatable bonds is 5. The van der Waals surface area contributed by atoms with Gasteiger partial charge in [0.15, 0.2) is 0 Å². The van der Waals surface area contributed by atoms with Gasteiger partial charge in [0, 0.05) is 18.8 Å². The zero-order valence-electron chi connectivity index (χ0n) is 17.3. The number of aromatic nitrogens is 2. The fraction of sp³-hybridized carbons (Fsp3) is 0.417. The number of nitrogens with zero attached hydrogens (tertiary/aromatic N) is 3. The predicted molar refractivity (Wildman–Crippen MR) is 122 cm³/mol. The molecular formula is C24H29ClN4O. The van der Waals surface area contributed by atoms with Crippen LogP contribution in [0.25, 0.3) is 10.8 Å². The molecule has 1 aliphatic heterocycles. The lowest BCUT2D eigenvalue weighted by molar-refractivity contribution is 0.0666. The highest BCUT2D eigenvalue weighted by atomic mass is 35.5. The van der Waals surface area contributed by atoms with Gasteiger partial charge in [-0.05, 0) is 67.6 Å². The third-order valence-corrected chi connectivity index (χ3v) is 6.32. The Kier molecular flexibility index (Phi) is 6.11. The van der Waals surface area contributed by atoms with E-state index in [-0.39, 0.29) is 24.4 Å². The van der Waals surface area contributed by atoms with Crippen molar-refractivity contribution in [3.8, 4) is 0 Å². The number of hydrogen-bond acceptors (Lipinski definition) is 3. The number of halogens is 1. The number of carbonyl (C=O) groups is 1. The second-order valence-electron chi connectivity index (χ2n) is 8.41. The maximum absolute atomic E-state index is 13.4. The van der Waals surface area contributed by atoms with Crippen molar-refractivity contribution in [2.24, 2.45) is 0 Å². The minimum atomic E-state index is 0. The summed E-state index contributed by atoms with van der Waals surface area (Å²) in [6, 6.07) is 17.5. The Labute approximate surface area is 183 Å². The van der Waals surface area contributed by atoms with Crippen molar-refractivity contribution in [3.05, 3.63) is 66.0 Å². The molecule has 0 bridgehead atoms.